The summed E-state index contributed by atoms with van der Waals surface area (Å²) in [5.41, 5.74) is 0.365. The minimum absolute atomic E-state index is 0.0370. The van der Waals surface area contributed by atoms with Crippen LogP contribution in [0.25, 0.3) is 0 Å². The van der Waals surface area contributed by atoms with E-state index in [0.29, 0.717) is 24.3 Å². The second-order valence-electron chi connectivity index (χ2n) is 6.14. The minimum Gasteiger partial charge on any atom is -0.465 e. The number of anilines is 2. The molecule has 9 heteroatoms. The predicted octanol–water partition coefficient (Wildman–Crippen LogP) is 2.76. The van der Waals surface area contributed by atoms with E-state index in [1.807, 2.05) is 0 Å². The number of hydrogen-bond acceptors (Lipinski definition) is 6. The summed E-state index contributed by atoms with van der Waals surface area (Å²) in [6.07, 6.45) is 1.17. The largest absolute Gasteiger partial charge is 0.465 e. The average molecular weight is 383 g/mol. The van der Waals surface area contributed by atoms with Crippen LogP contribution < -0.4 is 10.2 Å². The molecule has 1 fully saturated rings. The zero-order chi connectivity index (χ0) is 20.3. The van der Waals surface area contributed by atoms with Crippen molar-refractivity contribution >= 4 is 34.8 Å². The van der Waals surface area contributed by atoms with E-state index in [2.05, 4.69) is 10.1 Å². The number of esters is 1. The summed E-state index contributed by atoms with van der Waals surface area (Å²) >= 11 is 0. The smallest absolute Gasteiger partial charge is 0.338 e. The number of nitrogens with one attached hydrogen (secondary N) is 1. The maximum Gasteiger partial charge on any atom is 0.338 e. The van der Waals surface area contributed by atoms with Gasteiger partial charge in [0.1, 0.15) is 0 Å². The van der Waals surface area contributed by atoms with Gasteiger partial charge in [-0.25, -0.2) is 4.79 Å². The molecule has 0 atom stereocenters. The summed E-state index contributed by atoms with van der Waals surface area (Å²) in [6, 6.07) is 10.1. The third-order valence-corrected chi connectivity index (χ3v) is 4.33. The summed E-state index contributed by atoms with van der Waals surface area (Å²) < 4.78 is 4.59. The maximum absolute atomic E-state index is 12.7. The fourth-order valence-corrected chi connectivity index (χ4v) is 3.00. The second kappa shape index (κ2) is 7.87. The van der Waals surface area contributed by atoms with E-state index in [1.54, 1.807) is 29.2 Å². The van der Waals surface area contributed by atoms with E-state index in [-0.39, 0.29) is 17.0 Å². The number of carbonyl (C=O) groups excluding carboxylic acids is 3. The quantitative estimate of drug-likeness (QED) is 0.482. The molecule has 0 saturated carbocycles. The van der Waals surface area contributed by atoms with Gasteiger partial charge in [0.2, 0.25) is 5.91 Å². The third-order valence-electron chi connectivity index (χ3n) is 4.33. The van der Waals surface area contributed by atoms with Gasteiger partial charge < -0.3 is 15.0 Å². The number of non-ortho nitro benzene ring substituents is 1. The van der Waals surface area contributed by atoms with Gasteiger partial charge >= 0.3 is 5.97 Å². The molecule has 1 saturated heterocycles. The van der Waals surface area contributed by atoms with Crippen molar-refractivity contribution < 1.29 is 24.0 Å². The van der Waals surface area contributed by atoms with Crippen LogP contribution in [0.15, 0.2) is 42.5 Å². The lowest BCUT2D eigenvalue weighted by Gasteiger charge is -2.20. The SMILES string of the molecule is COC(=O)c1cc(C(=O)Nc2ccccc2N2CCCC2=O)cc([N+](=O)[O-])c1. The van der Waals surface area contributed by atoms with Crippen molar-refractivity contribution in [2.45, 2.75) is 12.8 Å². The highest BCUT2D eigenvalue weighted by atomic mass is 16.6. The fraction of sp³-hybridized carbons (Fsp3) is 0.211. The van der Waals surface area contributed by atoms with Crippen LogP contribution in [0.4, 0.5) is 17.1 Å². The Morgan fingerprint density at radius 3 is 2.54 bits per heavy atom. The molecule has 0 unspecified atom stereocenters. The van der Waals surface area contributed by atoms with Crippen molar-refractivity contribution in [1.29, 1.82) is 0 Å². The highest BCUT2D eigenvalue weighted by Gasteiger charge is 2.25. The Bertz CT molecular complexity index is 972. The van der Waals surface area contributed by atoms with Crippen LogP contribution in [0.3, 0.4) is 0 Å². The van der Waals surface area contributed by atoms with Crippen molar-refractivity contribution in [3.05, 3.63) is 63.7 Å². The number of para-hydroxylation sites is 2. The molecule has 2 aromatic carbocycles. The molecule has 0 spiro atoms. The summed E-state index contributed by atoms with van der Waals surface area (Å²) in [5.74, 6) is -1.47. The number of amides is 2. The number of rotatable bonds is 5. The van der Waals surface area contributed by atoms with Crippen LogP contribution in [-0.2, 0) is 9.53 Å². The molecule has 9 nitrogen and oxygen atoms in total. The first-order valence-electron chi connectivity index (χ1n) is 8.49. The summed E-state index contributed by atoms with van der Waals surface area (Å²) in [6.45, 7) is 0.551. The Balaban J connectivity index is 1.94. The van der Waals surface area contributed by atoms with E-state index < -0.39 is 22.5 Å². The maximum atomic E-state index is 12.7. The zero-order valence-corrected chi connectivity index (χ0v) is 15.0. The molecule has 2 aromatic rings. The predicted molar refractivity (Wildman–Crippen MR) is 100 cm³/mol. The average Bonchev–Trinajstić information content (AvgIpc) is 3.13. The monoisotopic (exact) mass is 383 g/mol. The number of methoxy groups -OCH3 is 1. The number of ether oxygens (including phenoxy) is 1. The van der Waals surface area contributed by atoms with Gasteiger partial charge in [0.25, 0.3) is 11.6 Å². The molecule has 2 amide bonds. The highest BCUT2D eigenvalue weighted by molar-refractivity contribution is 6.09. The van der Waals surface area contributed by atoms with Gasteiger partial charge in [-0.2, -0.15) is 0 Å². The van der Waals surface area contributed by atoms with E-state index in [1.165, 1.54) is 6.07 Å². The van der Waals surface area contributed by atoms with Crippen molar-refractivity contribution in [2.24, 2.45) is 0 Å². The first-order valence-corrected chi connectivity index (χ1v) is 8.49. The lowest BCUT2D eigenvalue weighted by atomic mass is 10.1. The van der Waals surface area contributed by atoms with Crippen molar-refractivity contribution in [1.82, 2.24) is 0 Å². The molecule has 1 heterocycles. The molecule has 144 valence electrons. The van der Waals surface area contributed by atoms with Crippen LogP contribution in [0.2, 0.25) is 0 Å². The molecule has 3 rings (SSSR count). The molecule has 28 heavy (non-hydrogen) atoms. The Morgan fingerprint density at radius 2 is 1.89 bits per heavy atom. The normalized spacial score (nSPS) is 13.3. The summed E-state index contributed by atoms with van der Waals surface area (Å²) in [7, 11) is 1.14. The van der Waals surface area contributed by atoms with Crippen LogP contribution in [0.1, 0.15) is 33.6 Å². The van der Waals surface area contributed by atoms with Gasteiger partial charge in [0.15, 0.2) is 0 Å². The Kier molecular flexibility index (Phi) is 5.35. The lowest BCUT2D eigenvalue weighted by Crippen LogP contribution is -2.25. The number of nitro benzene ring substituents is 1. The second-order valence-corrected chi connectivity index (χ2v) is 6.14. The molecule has 0 aliphatic carbocycles. The number of nitrogens with zero attached hydrogens (tertiary/aromatic N) is 2. The fourth-order valence-electron chi connectivity index (χ4n) is 3.00. The number of nitro groups is 1. The standard InChI is InChI=1S/C19H17N3O6/c1-28-19(25)13-9-12(10-14(11-13)22(26)27)18(24)20-15-5-2-3-6-16(15)21-8-4-7-17(21)23/h2-3,5-6,9-11H,4,7-8H2,1H3,(H,20,24). The lowest BCUT2D eigenvalue weighted by molar-refractivity contribution is -0.384. The van der Waals surface area contributed by atoms with Crippen LogP contribution in [-0.4, -0.2) is 36.4 Å². The number of hydrogen-bond donors (Lipinski definition) is 1. The molecule has 1 aliphatic rings. The Morgan fingerprint density at radius 1 is 1.18 bits per heavy atom. The molecule has 1 N–H and O–H groups in total. The molecular weight excluding hydrogens is 366 g/mol. The summed E-state index contributed by atoms with van der Waals surface area (Å²) in [5, 5.41) is 13.8. The van der Waals surface area contributed by atoms with E-state index in [0.717, 1.165) is 25.7 Å². The topological polar surface area (TPSA) is 119 Å². The van der Waals surface area contributed by atoms with Crippen LogP contribution in [0.5, 0.6) is 0 Å². The van der Waals surface area contributed by atoms with Gasteiger partial charge in [-0.3, -0.25) is 19.7 Å². The molecule has 1 aliphatic heterocycles. The minimum atomic E-state index is -0.791. The van der Waals surface area contributed by atoms with Crippen LogP contribution in [0, 0.1) is 10.1 Å². The van der Waals surface area contributed by atoms with E-state index >= 15 is 0 Å². The van der Waals surface area contributed by atoms with Crippen molar-refractivity contribution in [3.8, 4) is 0 Å². The van der Waals surface area contributed by atoms with Gasteiger partial charge in [-0.15, -0.1) is 0 Å². The summed E-state index contributed by atoms with van der Waals surface area (Å²) in [4.78, 5) is 48.5. The molecule has 0 radical (unpaired) electrons. The molecule has 0 bridgehead atoms. The van der Waals surface area contributed by atoms with Crippen molar-refractivity contribution in [3.63, 3.8) is 0 Å². The van der Waals surface area contributed by atoms with Gasteiger partial charge in [0.05, 0.1) is 29.0 Å². The van der Waals surface area contributed by atoms with Crippen LogP contribution >= 0.6 is 0 Å². The zero-order valence-electron chi connectivity index (χ0n) is 15.0. The van der Waals surface area contributed by atoms with Gasteiger partial charge in [0, 0.05) is 30.7 Å². The van der Waals surface area contributed by atoms with Gasteiger partial charge in [-0.1, -0.05) is 12.1 Å². The molecule has 0 aromatic heterocycles. The van der Waals surface area contributed by atoms with Gasteiger partial charge in [-0.05, 0) is 24.6 Å². The van der Waals surface area contributed by atoms with E-state index in [4.69, 9.17) is 0 Å². The number of benzene rings is 2. The first kappa shape index (κ1) is 19.0. The highest BCUT2D eigenvalue weighted by Crippen LogP contribution is 2.30. The van der Waals surface area contributed by atoms with E-state index in [9.17, 15) is 24.5 Å². The molecular formula is C19H17N3O6. The van der Waals surface area contributed by atoms with Crippen molar-refractivity contribution in [2.75, 3.05) is 23.9 Å². The Labute approximate surface area is 160 Å². The number of carbonyl (C=O) groups is 3. The third kappa shape index (κ3) is 3.83. The first-order chi connectivity index (χ1) is 13.4. The Hall–Kier alpha value is -3.75.